The van der Waals surface area contributed by atoms with Crippen molar-refractivity contribution in [3.05, 3.63) is 0 Å². The van der Waals surface area contributed by atoms with Gasteiger partial charge in [-0.05, 0) is 26.2 Å². The molecule has 2 rings (SSSR count). The zero-order chi connectivity index (χ0) is 12.6. The van der Waals surface area contributed by atoms with Crippen LogP contribution in [-0.2, 0) is 9.59 Å². The van der Waals surface area contributed by atoms with Crippen LogP contribution in [0, 0.1) is 11.3 Å². The average molecular weight is 239 g/mol. The standard InChI is InChI=1S/C12H21N3O2/c1-12(11(14)17)5-6-15(7-12)10(16)8-3-2-4-9(8)13/h8-9H,2-7,13H2,1H3,(H2,14,17). The third-order valence-corrected chi connectivity index (χ3v) is 4.27. The Morgan fingerprint density at radius 2 is 2.06 bits per heavy atom. The number of nitrogens with two attached hydrogens (primary N) is 2. The Morgan fingerprint density at radius 1 is 1.35 bits per heavy atom. The number of carbonyl (C=O) groups excluding carboxylic acids is 2. The van der Waals surface area contributed by atoms with E-state index in [0.29, 0.717) is 19.5 Å². The van der Waals surface area contributed by atoms with E-state index >= 15 is 0 Å². The molecule has 0 aromatic heterocycles. The van der Waals surface area contributed by atoms with Crippen LogP contribution in [-0.4, -0.2) is 35.8 Å². The van der Waals surface area contributed by atoms with Gasteiger partial charge in [-0.2, -0.15) is 0 Å². The molecule has 0 radical (unpaired) electrons. The van der Waals surface area contributed by atoms with Crippen LogP contribution < -0.4 is 11.5 Å². The largest absolute Gasteiger partial charge is 0.369 e. The number of carbonyl (C=O) groups is 2. The van der Waals surface area contributed by atoms with Gasteiger partial charge in [0.15, 0.2) is 0 Å². The summed E-state index contributed by atoms with van der Waals surface area (Å²) < 4.78 is 0. The van der Waals surface area contributed by atoms with Gasteiger partial charge in [-0.15, -0.1) is 0 Å². The second kappa shape index (κ2) is 4.29. The number of nitrogens with zero attached hydrogens (tertiary/aromatic N) is 1. The van der Waals surface area contributed by atoms with Crippen molar-refractivity contribution in [2.45, 2.75) is 38.6 Å². The molecule has 5 heteroatoms. The lowest BCUT2D eigenvalue weighted by atomic mass is 9.89. The van der Waals surface area contributed by atoms with E-state index in [0.717, 1.165) is 19.3 Å². The molecular weight excluding hydrogens is 218 g/mol. The molecule has 3 unspecified atom stereocenters. The van der Waals surface area contributed by atoms with Gasteiger partial charge in [-0.3, -0.25) is 9.59 Å². The minimum Gasteiger partial charge on any atom is -0.369 e. The first-order valence-electron chi connectivity index (χ1n) is 6.28. The Hall–Kier alpha value is -1.10. The third-order valence-electron chi connectivity index (χ3n) is 4.27. The Morgan fingerprint density at radius 3 is 2.53 bits per heavy atom. The van der Waals surface area contributed by atoms with Gasteiger partial charge in [-0.1, -0.05) is 6.42 Å². The van der Waals surface area contributed by atoms with Crippen molar-refractivity contribution < 1.29 is 9.59 Å². The van der Waals surface area contributed by atoms with Crippen LogP contribution in [0.1, 0.15) is 32.6 Å². The molecule has 2 amide bonds. The normalized spacial score (nSPS) is 37.4. The molecule has 1 saturated carbocycles. The first kappa shape index (κ1) is 12.4. The van der Waals surface area contributed by atoms with Crippen LogP contribution in [0.3, 0.4) is 0 Å². The first-order chi connectivity index (χ1) is 7.94. The fraction of sp³-hybridized carbons (Fsp3) is 0.833. The highest BCUT2D eigenvalue weighted by Crippen LogP contribution is 2.33. The van der Waals surface area contributed by atoms with Gasteiger partial charge in [0.25, 0.3) is 0 Å². The van der Waals surface area contributed by atoms with Crippen molar-refractivity contribution in [1.82, 2.24) is 4.90 Å². The topological polar surface area (TPSA) is 89.4 Å². The molecule has 1 aliphatic carbocycles. The smallest absolute Gasteiger partial charge is 0.227 e. The lowest BCUT2D eigenvalue weighted by Gasteiger charge is -2.25. The van der Waals surface area contributed by atoms with Gasteiger partial charge >= 0.3 is 0 Å². The van der Waals surface area contributed by atoms with Gasteiger partial charge in [0.1, 0.15) is 0 Å². The average Bonchev–Trinajstić information content (AvgIpc) is 2.85. The number of hydrogen-bond donors (Lipinski definition) is 2. The summed E-state index contributed by atoms with van der Waals surface area (Å²) in [7, 11) is 0. The highest BCUT2D eigenvalue weighted by atomic mass is 16.2. The molecule has 17 heavy (non-hydrogen) atoms. The van der Waals surface area contributed by atoms with Crippen LogP contribution in [0.15, 0.2) is 0 Å². The molecule has 4 N–H and O–H groups in total. The van der Waals surface area contributed by atoms with Crippen LogP contribution in [0.2, 0.25) is 0 Å². The number of hydrogen-bond acceptors (Lipinski definition) is 3. The minimum atomic E-state index is -0.557. The van der Waals surface area contributed by atoms with E-state index in [2.05, 4.69) is 0 Å². The molecule has 0 bridgehead atoms. The molecule has 1 heterocycles. The van der Waals surface area contributed by atoms with Crippen molar-refractivity contribution in [2.24, 2.45) is 22.8 Å². The summed E-state index contributed by atoms with van der Waals surface area (Å²) in [5.41, 5.74) is 10.8. The summed E-state index contributed by atoms with van der Waals surface area (Å²) in [6.07, 6.45) is 3.50. The molecule has 2 fully saturated rings. The van der Waals surface area contributed by atoms with Crippen LogP contribution in [0.5, 0.6) is 0 Å². The Bertz CT molecular complexity index is 345. The molecule has 1 aliphatic heterocycles. The molecule has 2 aliphatic rings. The fourth-order valence-corrected chi connectivity index (χ4v) is 2.88. The zero-order valence-electron chi connectivity index (χ0n) is 10.3. The van der Waals surface area contributed by atoms with Gasteiger partial charge in [0, 0.05) is 19.1 Å². The molecule has 0 aromatic rings. The van der Waals surface area contributed by atoms with E-state index in [1.165, 1.54) is 0 Å². The van der Waals surface area contributed by atoms with E-state index in [1.807, 2.05) is 6.92 Å². The lowest BCUT2D eigenvalue weighted by molar-refractivity contribution is -0.135. The third kappa shape index (κ3) is 2.16. The molecule has 0 aromatic carbocycles. The maximum atomic E-state index is 12.3. The van der Waals surface area contributed by atoms with Crippen LogP contribution in [0.4, 0.5) is 0 Å². The number of amides is 2. The summed E-state index contributed by atoms with van der Waals surface area (Å²) in [4.78, 5) is 25.4. The summed E-state index contributed by atoms with van der Waals surface area (Å²) >= 11 is 0. The first-order valence-corrected chi connectivity index (χ1v) is 6.28. The monoisotopic (exact) mass is 239 g/mol. The summed E-state index contributed by atoms with van der Waals surface area (Å²) in [6.45, 7) is 2.91. The van der Waals surface area contributed by atoms with E-state index < -0.39 is 5.41 Å². The number of rotatable bonds is 2. The number of likely N-dealkylation sites (tertiary alicyclic amines) is 1. The highest BCUT2D eigenvalue weighted by molar-refractivity contribution is 5.85. The van der Waals surface area contributed by atoms with Crippen molar-refractivity contribution in [2.75, 3.05) is 13.1 Å². The highest BCUT2D eigenvalue weighted by Gasteiger charge is 2.43. The van der Waals surface area contributed by atoms with Crippen molar-refractivity contribution in [1.29, 1.82) is 0 Å². The van der Waals surface area contributed by atoms with Gasteiger partial charge in [0.2, 0.25) is 11.8 Å². The molecular formula is C12H21N3O2. The quantitative estimate of drug-likeness (QED) is 0.701. The summed E-state index contributed by atoms with van der Waals surface area (Å²) in [5.74, 6) is -0.256. The SMILES string of the molecule is CC1(C(N)=O)CCN(C(=O)C2CCCC2N)C1. The summed E-state index contributed by atoms with van der Waals surface area (Å²) in [6, 6.07) is -0.0112. The number of primary amides is 1. The molecule has 5 nitrogen and oxygen atoms in total. The van der Waals surface area contributed by atoms with Crippen molar-refractivity contribution in [3.8, 4) is 0 Å². The second-order valence-corrected chi connectivity index (χ2v) is 5.64. The predicted octanol–water partition coefficient (Wildman–Crippen LogP) is -0.162. The van der Waals surface area contributed by atoms with Gasteiger partial charge < -0.3 is 16.4 Å². The Kier molecular flexibility index (Phi) is 3.12. The van der Waals surface area contributed by atoms with Crippen LogP contribution >= 0.6 is 0 Å². The zero-order valence-corrected chi connectivity index (χ0v) is 10.3. The Labute approximate surface area is 102 Å². The maximum Gasteiger partial charge on any atom is 0.227 e. The van der Waals surface area contributed by atoms with E-state index in [-0.39, 0.29) is 23.8 Å². The fourth-order valence-electron chi connectivity index (χ4n) is 2.88. The van der Waals surface area contributed by atoms with Crippen LogP contribution in [0.25, 0.3) is 0 Å². The van der Waals surface area contributed by atoms with Gasteiger partial charge in [0.05, 0.1) is 11.3 Å². The van der Waals surface area contributed by atoms with Crippen molar-refractivity contribution >= 4 is 11.8 Å². The minimum absolute atomic E-state index is 0.0112. The molecule has 96 valence electrons. The second-order valence-electron chi connectivity index (χ2n) is 5.64. The van der Waals surface area contributed by atoms with E-state index in [1.54, 1.807) is 4.90 Å². The van der Waals surface area contributed by atoms with Gasteiger partial charge in [-0.25, -0.2) is 0 Å². The summed E-state index contributed by atoms with van der Waals surface area (Å²) in [5, 5.41) is 0. The predicted molar refractivity (Wildman–Crippen MR) is 63.8 cm³/mol. The maximum absolute atomic E-state index is 12.3. The van der Waals surface area contributed by atoms with E-state index in [9.17, 15) is 9.59 Å². The van der Waals surface area contributed by atoms with E-state index in [4.69, 9.17) is 11.5 Å². The molecule has 1 saturated heterocycles. The van der Waals surface area contributed by atoms with Crippen molar-refractivity contribution in [3.63, 3.8) is 0 Å². The molecule has 3 atom stereocenters. The Balaban J connectivity index is 2.01. The molecule has 0 spiro atoms. The lowest BCUT2D eigenvalue weighted by Crippen LogP contribution is -2.43.